The first-order valence-electron chi connectivity index (χ1n) is 7.28. The Morgan fingerprint density at radius 2 is 2.15 bits per heavy atom. The van der Waals surface area contributed by atoms with E-state index in [1.807, 2.05) is 30.9 Å². The molecule has 2 rings (SSSR count). The summed E-state index contributed by atoms with van der Waals surface area (Å²) in [6.07, 6.45) is 2.20. The van der Waals surface area contributed by atoms with Crippen molar-refractivity contribution in [3.05, 3.63) is 23.5 Å². The molecule has 5 heteroatoms. The van der Waals surface area contributed by atoms with E-state index in [0.717, 1.165) is 43.9 Å². The summed E-state index contributed by atoms with van der Waals surface area (Å²) in [6.45, 7) is 7.36. The van der Waals surface area contributed by atoms with Crippen LogP contribution >= 0.6 is 0 Å². The van der Waals surface area contributed by atoms with Crippen LogP contribution in [0.1, 0.15) is 31.2 Å². The summed E-state index contributed by atoms with van der Waals surface area (Å²) in [5.74, 6) is 0.765. The van der Waals surface area contributed by atoms with E-state index < -0.39 is 0 Å². The molecular formula is C15H23N3O2. The molecule has 20 heavy (non-hydrogen) atoms. The lowest BCUT2D eigenvalue weighted by Gasteiger charge is -2.16. The topological polar surface area (TPSA) is 54.5 Å². The van der Waals surface area contributed by atoms with Gasteiger partial charge in [-0.1, -0.05) is 6.92 Å². The molecule has 1 aliphatic heterocycles. The number of carbonyl (C=O) groups excluding carboxylic acids is 1. The minimum atomic E-state index is 0.0671. The number of carbonyl (C=O) groups is 1. The smallest absolute Gasteiger partial charge is 0.260 e. The Labute approximate surface area is 120 Å². The Morgan fingerprint density at radius 3 is 2.85 bits per heavy atom. The van der Waals surface area contributed by atoms with Crippen molar-refractivity contribution < 1.29 is 9.53 Å². The average Bonchev–Trinajstić information content (AvgIpc) is 2.98. The van der Waals surface area contributed by atoms with Crippen LogP contribution in [0.3, 0.4) is 0 Å². The van der Waals surface area contributed by atoms with Gasteiger partial charge in [0, 0.05) is 25.3 Å². The summed E-state index contributed by atoms with van der Waals surface area (Å²) in [4.78, 5) is 18.3. The van der Waals surface area contributed by atoms with Crippen molar-refractivity contribution in [1.29, 1.82) is 0 Å². The molecule has 0 unspecified atom stereocenters. The largest absolute Gasteiger partial charge is 0.482 e. The van der Waals surface area contributed by atoms with E-state index in [2.05, 4.69) is 10.3 Å². The SMILES string of the molecule is CCNCc1nc(C)ccc1OCC(=O)N1CCCC1. The van der Waals surface area contributed by atoms with Crippen molar-refractivity contribution >= 4 is 5.91 Å². The average molecular weight is 277 g/mol. The second-order valence-electron chi connectivity index (χ2n) is 5.05. The molecule has 0 aliphatic carbocycles. The Bertz CT molecular complexity index is 456. The molecule has 2 heterocycles. The van der Waals surface area contributed by atoms with Gasteiger partial charge in [0.25, 0.3) is 5.91 Å². The third-order valence-corrected chi connectivity index (χ3v) is 3.42. The normalized spacial score (nSPS) is 14.6. The molecule has 1 aromatic rings. The maximum absolute atomic E-state index is 12.0. The number of nitrogens with zero attached hydrogens (tertiary/aromatic N) is 2. The summed E-state index contributed by atoms with van der Waals surface area (Å²) in [5, 5.41) is 3.24. The molecule has 110 valence electrons. The third kappa shape index (κ3) is 3.93. The maximum Gasteiger partial charge on any atom is 0.260 e. The summed E-state index contributed by atoms with van der Waals surface area (Å²) >= 11 is 0. The van der Waals surface area contributed by atoms with Gasteiger partial charge in [0.2, 0.25) is 0 Å². The summed E-state index contributed by atoms with van der Waals surface area (Å²) in [5.41, 5.74) is 1.82. The third-order valence-electron chi connectivity index (χ3n) is 3.42. The molecule has 1 saturated heterocycles. The monoisotopic (exact) mass is 277 g/mol. The molecule has 1 aromatic heterocycles. The number of nitrogens with one attached hydrogen (secondary N) is 1. The number of likely N-dealkylation sites (tertiary alicyclic amines) is 1. The van der Waals surface area contributed by atoms with Crippen LogP contribution in [0.4, 0.5) is 0 Å². The zero-order valence-corrected chi connectivity index (χ0v) is 12.3. The lowest BCUT2D eigenvalue weighted by molar-refractivity contribution is -0.132. The number of pyridine rings is 1. The van der Waals surface area contributed by atoms with E-state index in [1.54, 1.807) is 0 Å². The first-order valence-corrected chi connectivity index (χ1v) is 7.28. The number of rotatable bonds is 6. The van der Waals surface area contributed by atoms with Gasteiger partial charge in [-0.15, -0.1) is 0 Å². The predicted octanol–water partition coefficient (Wildman–Crippen LogP) is 1.50. The Hall–Kier alpha value is -1.62. The minimum Gasteiger partial charge on any atom is -0.482 e. The lowest BCUT2D eigenvalue weighted by atomic mass is 10.3. The van der Waals surface area contributed by atoms with E-state index in [0.29, 0.717) is 12.3 Å². The van der Waals surface area contributed by atoms with Gasteiger partial charge in [0.05, 0.1) is 5.69 Å². The number of amides is 1. The fourth-order valence-corrected chi connectivity index (χ4v) is 2.30. The highest BCUT2D eigenvalue weighted by molar-refractivity contribution is 5.78. The molecule has 1 fully saturated rings. The van der Waals surface area contributed by atoms with E-state index in [9.17, 15) is 4.79 Å². The molecule has 0 saturated carbocycles. The lowest BCUT2D eigenvalue weighted by Crippen LogP contribution is -2.32. The van der Waals surface area contributed by atoms with Gasteiger partial charge in [-0.3, -0.25) is 9.78 Å². The van der Waals surface area contributed by atoms with Crippen LogP contribution in [0.15, 0.2) is 12.1 Å². The standard InChI is InChI=1S/C15H23N3O2/c1-3-16-10-13-14(7-6-12(2)17-13)20-11-15(19)18-8-4-5-9-18/h6-7,16H,3-5,8-11H2,1-2H3. The summed E-state index contributed by atoms with van der Waals surface area (Å²) in [7, 11) is 0. The highest BCUT2D eigenvalue weighted by Gasteiger charge is 2.18. The highest BCUT2D eigenvalue weighted by atomic mass is 16.5. The molecule has 0 radical (unpaired) electrons. The molecule has 0 bridgehead atoms. The van der Waals surface area contributed by atoms with Crippen molar-refractivity contribution in [2.45, 2.75) is 33.2 Å². The minimum absolute atomic E-state index is 0.0671. The number of ether oxygens (including phenoxy) is 1. The first-order chi connectivity index (χ1) is 9.70. The van der Waals surface area contributed by atoms with Gasteiger partial charge >= 0.3 is 0 Å². The molecule has 5 nitrogen and oxygen atoms in total. The predicted molar refractivity (Wildman–Crippen MR) is 77.7 cm³/mol. The van der Waals surface area contributed by atoms with E-state index in [4.69, 9.17) is 4.74 Å². The van der Waals surface area contributed by atoms with Crippen LogP contribution < -0.4 is 10.1 Å². The van der Waals surface area contributed by atoms with Crippen LogP contribution in [-0.2, 0) is 11.3 Å². The second-order valence-corrected chi connectivity index (χ2v) is 5.05. The zero-order valence-electron chi connectivity index (χ0n) is 12.3. The zero-order chi connectivity index (χ0) is 14.4. The molecule has 0 spiro atoms. The van der Waals surface area contributed by atoms with Crippen molar-refractivity contribution in [2.75, 3.05) is 26.2 Å². The van der Waals surface area contributed by atoms with Gasteiger partial charge in [-0.2, -0.15) is 0 Å². The molecule has 1 aliphatic rings. The van der Waals surface area contributed by atoms with Gasteiger partial charge in [0.1, 0.15) is 5.75 Å². The van der Waals surface area contributed by atoms with Crippen LogP contribution in [0, 0.1) is 6.92 Å². The van der Waals surface area contributed by atoms with E-state index >= 15 is 0 Å². The molecule has 1 N–H and O–H groups in total. The Balaban J connectivity index is 1.95. The van der Waals surface area contributed by atoms with Crippen molar-refractivity contribution in [3.63, 3.8) is 0 Å². The number of aromatic nitrogens is 1. The van der Waals surface area contributed by atoms with Crippen LogP contribution in [0.5, 0.6) is 5.75 Å². The van der Waals surface area contributed by atoms with Crippen molar-refractivity contribution in [2.24, 2.45) is 0 Å². The number of aryl methyl sites for hydroxylation is 1. The van der Waals surface area contributed by atoms with E-state index in [-0.39, 0.29) is 12.5 Å². The fraction of sp³-hybridized carbons (Fsp3) is 0.600. The van der Waals surface area contributed by atoms with Crippen LogP contribution in [0.2, 0.25) is 0 Å². The Kier molecular flexibility index (Phi) is 5.35. The quantitative estimate of drug-likeness (QED) is 0.856. The fourth-order valence-electron chi connectivity index (χ4n) is 2.30. The molecule has 0 aromatic carbocycles. The first kappa shape index (κ1) is 14.8. The summed E-state index contributed by atoms with van der Waals surface area (Å²) < 4.78 is 5.67. The van der Waals surface area contributed by atoms with Crippen molar-refractivity contribution in [1.82, 2.24) is 15.2 Å². The van der Waals surface area contributed by atoms with Crippen LogP contribution in [-0.4, -0.2) is 42.0 Å². The summed E-state index contributed by atoms with van der Waals surface area (Å²) in [6, 6.07) is 3.80. The molecule has 1 amide bonds. The Morgan fingerprint density at radius 1 is 1.40 bits per heavy atom. The second kappa shape index (κ2) is 7.24. The van der Waals surface area contributed by atoms with Gasteiger partial charge in [-0.05, 0) is 38.4 Å². The number of hydrogen-bond acceptors (Lipinski definition) is 4. The maximum atomic E-state index is 12.0. The van der Waals surface area contributed by atoms with Crippen molar-refractivity contribution in [3.8, 4) is 5.75 Å². The molecular weight excluding hydrogens is 254 g/mol. The number of hydrogen-bond donors (Lipinski definition) is 1. The van der Waals surface area contributed by atoms with E-state index in [1.165, 1.54) is 0 Å². The molecule has 0 atom stereocenters. The van der Waals surface area contributed by atoms with Gasteiger partial charge in [0.15, 0.2) is 6.61 Å². The van der Waals surface area contributed by atoms with Gasteiger partial charge < -0.3 is 15.0 Å². The highest BCUT2D eigenvalue weighted by Crippen LogP contribution is 2.17. The van der Waals surface area contributed by atoms with Gasteiger partial charge in [-0.25, -0.2) is 0 Å². The van der Waals surface area contributed by atoms with Crippen LogP contribution in [0.25, 0.3) is 0 Å².